The van der Waals surface area contributed by atoms with Gasteiger partial charge in [-0.1, -0.05) is 71.6 Å². The van der Waals surface area contributed by atoms with Crippen molar-refractivity contribution in [1.82, 2.24) is 9.55 Å². The molecule has 2 aromatic heterocycles. The number of furan rings is 1. The minimum absolute atomic E-state index is 0.198. The molecule has 0 saturated heterocycles. The SMILES string of the molecule is CCCCCCCCCCc1cc2cn(CCCCC)c(=O)nc2o1. The maximum Gasteiger partial charge on any atom is 0.350 e. The summed E-state index contributed by atoms with van der Waals surface area (Å²) in [5.41, 5.74) is 0.294. The number of aryl methyl sites for hydroxylation is 2. The van der Waals surface area contributed by atoms with Crippen molar-refractivity contribution in [3.05, 3.63) is 28.5 Å². The van der Waals surface area contributed by atoms with Crippen LogP contribution in [0.1, 0.15) is 90.2 Å². The van der Waals surface area contributed by atoms with Gasteiger partial charge in [-0.3, -0.25) is 4.57 Å². The van der Waals surface area contributed by atoms with Crippen molar-refractivity contribution in [3.63, 3.8) is 0 Å². The van der Waals surface area contributed by atoms with Crippen LogP contribution in [0.25, 0.3) is 11.1 Å². The highest BCUT2D eigenvalue weighted by molar-refractivity contribution is 5.72. The van der Waals surface area contributed by atoms with E-state index in [2.05, 4.69) is 24.9 Å². The average Bonchev–Trinajstić information content (AvgIpc) is 2.99. The Morgan fingerprint density at radius 1 is 0.920 bits per heavy atom. The van der Waals surface area contributed by atoms with E-state index in [9.17, 15) is 4.79 Å². The summed E-state index contributed by atoms with van der Waals surface area (Å²) in [6.07, 6.45) is 16.6. The molecule has 2 heterocycles. The smallest absolute Gasteiger partial charge is 0.350 e. The van der Waals surface area contributed by atoms with Gasteiger partial charge in [0.15, 0.2) is 0 Å². The van der Waals surface area contributed by atoms with Gasteiger partial charge in [-0.15, -0.1) is 0 Å². The minimum atomic E-state index is -0.198. The highest BCUT2D eigenvalue weighted by Crippen LogP contribution is 2.18. The first-order valence-corrected chi connectivity index (χ1v) is 10.2. The summed E-state index contributed by atoms with van der Waals surface area (Å²) in [5.74, 6) is 0.958. The highest BCUT2D eigenvalue weighted by Gasteiger charge is 2.08. The monoisotopic (exact) mass is 346 g/mol. The molecular weight excluding hydrogens is 312 g/mol. The zero-order chi connectivity index (χ0) is 17.9. The number of nitrogens with zero attached hydrogens (tertiary/aromatic N) is 2. The van der Waals surface area contributed by atoms with Gasteiger partial charge in [0.1, 0.15) is 5.76 Å². The van der Waals surface area contributed by atoms with Crippen LogP contribution >= 0.6 is 0 Å². The van der Waals surface area contributed by atoms with Gasteiger partial charge in [-0.25, -0.2) is 4.79 Å². The lowest BCUT2D eigenvalue weighted by atomic mass is 10.1. The van der Waals surface area contributed by atoms with Crippen LogP contribution in [0.3, 0.4) is 0 Å². The molecule has 4 nitrogen and oxygen atoms in total. The van der Waals surface area contributed by atoms with Crippen molar-refractivity contribution < 1.29 is 4.42 Å². The molecule has 0 fully saturated rings. The van der Waals surface area contributed by atoms with Gasteiger partial charge < -0.3 is 4.42 Å². The van der Waals surface area contributed by atoms with E-state index in [-0.39, 0.29) is 5.69 Å². The first-order chi connectivity index (χ1) is 12.2. The molecular formula is C21H34N2O2. The van der Waals surface area contributed by atoms with Crippen molar-refractivity contribution in [3.8, 4) is 0 Å². The van der Waals surface area contributed by atoms with Crippen molar-refractivity contribution >= 4 is 11.1 Å². The number of hydrogen-bond acceptors (Lipinski definition) is 3. The van der Waals surface area contributed by atoms with Crippen LogP contribution in [-0.2, 0) is 13.0 Å². The van der Waals surface area contributed by atoms with Crippen LogP contribution in [-0.4, -0.2) is 9.55 Å². The third-order valence-electron chi connectivity index (χ3n) is 4.81. The molecule has 140 valence electrons. The fourth-order valence-electron chi connectivity index (χ4n) is 3.25. The second-order valence-electron chi connectivity index (χ2n) is 7.12. The van der Waals surface area contributed by atoms with E-state index in [1.54, 1.807) is 4.57 Å². The molecule has 0 aliphatic heterocycles. The molecule has 25 heavy (non-hydrogen) atoms. The van der Waals surface area contributed by atoms with E-state index in [1.807, 2.05) is 6.20 Å². The van der Waals surface area contributed by atoms with Gasteiger partial charge in [0, 0.05) is 19.2 Å². The predicted molar refractivity (Wildman–Crippen MR) is 104 cm³/mol. The summed E-state index contributed by atoms with van der Waals surface area (Å²) >= 11 is 0. The molecule has 0 amide bonds. The van der Waals surface area contributed by atoms with E-state index >= 15 is 0 Å². The second-order valence-corrected chi connectivity index (χ2v) is 7.12. The van der Waals surface area contributed by atoms with Gasteiger partial charge in [0.05, 0.1) is 5.39 Å². The largest absolute Gasteiger partial charge is 0.443 e. The molecule has 0 saturated carbocycles. The number of hydrogen-bond donors (Lipinski definition) is 0. The van der Waals surface area contributed by atoms with Crippen LogP contribution in [0.4, 0.5) is 0 Å². The van der Waals surface area contributed by atoms with Crippen molar-refractivity contribution in [2.24, 2.45) is 0 Å². The first kappa shape index (κ1) is 19.7. The van der Waals surface area contributed by atoms with Crippen LogP contribution in [0.2, 0.25) is 0 Å². The van der Waals surface area contributed by atoms with Crippen molar-refractivity contribution in [2.45, 2.75) is 97.4 Å². The maximum atomic E-state index is 12.0. The Morgan fingerprint density at radius 2 is 1.56 bits per heavy atom. The average molecular weight is 347 g/mol. The molecule has 0 radical (unpaired) electrons. The summed E-state index contributed by atoms with van der Waals surface area (Å²) in [4.78, 5) is 16.1. The molecule has 2 aromatic rings. The van der Waals surface area contributed by atoms with E-state index in [1.165, 1.54) is 44.9 Å². The topological polar surface area (TPSA) is 48.0 Å². The van der Waals surface area contributed by atoms with Gasteiger partial charge >= 0.3 is 5.69 Å². The van der Waals surface area contributed by atoms with E-state index in [0.29, 0.717) is 5.71 Å². The van der Waals surface area contributed by atoms with Gasteiger partial charge in [0.25, 0.3) is 0 Å². The number of aromatic nitrogens is 2. The predicted octanol–water partition coefficient (Wildman–Crippen LogP) is 5.86. The molecule has 0 atom stereocenters. The van der Waals surface area contributed by atoms with E-state index in [4.69, 9.17) is 4.42 Å². The third-order valence-corrected chi connectivity index (χ3v) is 4.81. The lowest BCUT2D eigenvalue weighted by Gasteiger charge is -2.03. The van der Waals surface area contributed by atoms with Crippen LogP contribution in [0, 0.1) is 0 Å². The van der Waals surface area contributed by atoms with E-state index in [0.717, 1.165) is 49.8 Å². The zero-order valence-electron chi connectivity index (χ0n) is 16.1. The normalized spacial score (nSPS) is 11.4. The summed E-state index contributed by atoms with van der Waals surface area (Å²) in [7, 11) is 0. The van der Waals surface area contributed by atoms with Crippen molar-refractivity contribution in [1.29, 1.82) is 0 Å². The highest BCUT2D eigenvalue weighted by atomic mass is 16.3. The number of unbranched alkanes of at least 4 members (excludes halogenated alkanes) is 9. The standard InChI is InChI=1S/C21H34N2O2/c1-3-5-7-8-9-10-11-12-14-19-16-18-17-23(15-13-6-4-2)21(24)22-20(18)25-19/h16-17H,3-15H2,1-2H3. The number of fused-ring (bicyclic) bond motifs is 1. The number of rotatable bonds is 13. The lowest BCUT2D eigenvalue weighted by Crippen LogP contribution is -2.21. The molecule has 0 aromatic carbocycles. The van der Waals surface area contributed by atoms with Gasteiger partial charge in [-0.2, -0.15) is 4.98 Å². The lowest BCUT2D eigenvalue weighted by molar-refractivity contribution is 0.508. The molecule has 0 spiro atoms. The molecule has 0 aliphatic rings. The van der Waals surface area contributed by atoms with E-state index < -0.39 is 0 Å². The molecule has 0 aliphatic carbocycles. The molecule has 0 unspecified atom stereocenters. The quantitative estimate of drug-likeness (QED) is 0.427. The Hall–Kier alpha value is -1.58. The Morgan fingerprint density at radius 3 is 2.28 bits per heavy atom. The second kappa shape index (κ2) is 11.1. The first-order valence-electron chi connectivity index (χ1n) is 10.2. The van der Waals surface area contributed by atoms with Crippen LogP contribution in [0.5, 0.6) is 0 Å². The Kier molecular flexibility index (Phi) is 8.78. The summed E-state index contributed by atoms with van der Waals surface area (Å²) in [5, 5.41) is 0.950. The van der Waals surface area contributed by atoms with Gasteiger partial charge in [-0.05, 0) is 18.9 Å². The Balaban J connectivity index is 1.79. The molecule has 2 rings (SSSR count). The van der Waals surface area contributed by atoms with Gasteiger partial charge in [0.2, 0.25) is 5.71 Å². The van der Waals surface area contributed by atoms with Crippen LogP contribution < -0.4 is 5.69 Å². The third kappa shape index (κ3) is 6.68. The molecule has 0 bridgehead atoms. The minimum Gasteiger partial charge on any atom is -0.443 e. The summed E-state index contributed by atoms with van der Waals surface area (Å²) < 4.78 is 7.48. The Bertz CT molecular complexity index is 672. The van der Waals surface area contributed by atoms with Crippen LogP contribution in [0.15, 0.2) is 21.5 Å². The summed E-state index contributed by atoms with van der Waals surface area (Å²) in [6, 6.07) is 2.05. The fraction of sp³-hybridized carbons (Fsp3) is 0.714. The molecule has 4 heteroatoms. The zero-order valence-corrected chi connectivity index (χ0v) is 16.1. The molecule has 0 N–H and O–H groups in total. The fourth-order valence-corrected chi connectivity index (χ4v) is 3.25. The summed E-state index contributed by atoms with van der Waals surface area (Å²) in [6.45, 7) is 5.16. The van der Waals surface area contributed by atoms with Crippen molar-refractivity contribution in [2.75, 3.05) is 0 Å². The Labute approximate surface area is 151 Å². The maximum absolute atomic E-state index is 12.0.